The second kappa shape index (κ2) is 6.32. The number of unbranched alkanes of at least 4 members (excludes halogenated alkanes) is 1. The summed E-state index contributed by atoms with van der Waals surface area (Å²) in [5, 5.41) is 0. The molecule has 0 radical (unpaired) electrons. The molecule has 0 saturated carbocycles. The number of fused-ring (bicyclic) bond motifs is 1. The van der Waals surface area contributed by atoms with Gasteiger partial charge in [0.1, 0.15) is 0 Å². The van der Waals surface area contributed by atoms with Crippen LogP contribution < -0.4 is 9.64 Å². The van der Waals surface area contributed by atoms with Crippen molar-refractivity contribution in [3.63, 3.8) is 0 Å². The lowest BCUT2D eigenvalue weighted by Gasteiger charge is -2.39. The maximum atomic E-state index is 14.1. The van der Waals surface area contributed by atoms with E-state index in [4.69, 9.17) is 9.47 Å². The Bertz CT molecular complexity index is 548. The number of amides is 1. The van der Waals surface area contributed by atoms with Crippen molar-refractivity contribution in [2.24, 2.45) is 0 Å². The summed E-state index contributed by atoms with van der Waals surface area (Å²) >= 11 is 3.26. The zero-order valence-electron chi connectivity index (χ0n) is 12.4. The fourth-order valence-corrected chi connectivity index (χ4v) is 2.74. The van der Waals surface area contributed by atoms with Crippen LogP contribution in [-0.4, -0.2) is 31.8 Å². The van der Waals surface area contributed by atoms with Gasteiger partial charge in [-0.15, -0.1) is 0 Å². The quantitative estimate of drug-likeness (QED) is 0.755. The Morgan fingerprint density at radius 3 is 2.76 bits per heavy atom. The van der Waals surface area contributed by atoms with Crippen molar-refractivity contribution in [1.82, 2.24) is 0 Å². The molecule has 0 saturated heterocycles. The molecule has 1 aliphatic rings. The number of rotatable bonds is 5. The average Bonchev–Trinajstić information content (AvgIpc) is 2.40. The van der Waals surface area contributed by atoms with Gasteiger partial charge in [0.2, 0.25) is 0 Å². The third kappa shape index (κ3) is 3.37. The van der Waals surface area contributed by atoms with Gasteiger partial charge in [0.15, 0.2) is 17.2 Å². The molecule has 2 rings (SSSR count). The first-order chi connectivity index (χ1) is 9.86. The van der Waals surface area contributed by atoms with E-state index < -0.39 is 11.4 Å². The SMILES string of the molecule is COCCCCN1C(=O)C(C)(C)Oc2c(F)cc(Br)cc21. The van der Waals surface area contributed by atoms with Gasteiger partial charge in [0, 0.05) is 24.7 Å². The van der Waals surface area contributed by atoms with Crippen molar-refractivity contribution in [3.8, 4) is 5.75 Å². The van der Waals surface area contributed by atoms with E-state index in [1.807, 2.05) is 0 Å². The normalized spacial score (nSPS) is 16.6. The van der Waals surface area contributed by atoms with Gasteiger partial charge in [-0.05, 0) is 38.8 Å². The lowest BCUT2D eigenvalue weighted by atomic mass is 10.0. The van der Waals surface area contributed by atoms with Gasteiger partial charge < -0.3 is 14.4 Å². The monoisotopic (exact) mass is 359 g/mol. The van der Waals surface area contributed by atoms with Gasteiger partial charge in [-0.25, -0.2) is 4.39 Å². The van der Waals surface area contributed by atoms with Gasteiger partial charge in [-0.1, -0.05) is 15.9 Å². The molecule has 0 N–H and O–H groups in total. The zero-order valence-corrected chi connectivity index (χ0v) is 14.0. The van der Waals surface area contributed by atoms with Crippen molar-refractivity contribution in [2.45, 2.75) is 32.3 Å². The number of hydrogen-bond acceptors (Lipinski definition) is 3. The van der Waals surface area contributed by atoms with Crippen LogP contribution in [0.1, 0.15) is 26.7 Å². The summed E-state index contributed by atoms with van der Waals surface area (Å²) in [5.74, 6) is -0.499. The molecule has 1 aromatic carbocycles. The molecule has 1 aliphatic heterocycles. The van der Waals surface area contributed by atoms with E-state index in [1.54, 1.807) is 31.9 Å². The van der Waals surface area contributed by atoms with E-state index in [-0.39, 0.29) is 11.7 Å². The maximum absolute atomic E-state index is 14.1. The first kappa shape index (κ1) is 16.2. The number of halogens is 2. The van der Waals surface area contributed by atoms with Gasteiger partial charge in [-0.2, -0.15) is 0 Å². The van der Waals surface area contributed by atoms with Crippen LogP contribution in [0.5, 0.6) is 5.75 Å². The topological polar surface area (TPSA) is 38.8 Å². The van der Waals surface area contributed by atoms with Crippen LogP contribution in [0, 0.1) is 5.82 Å². The van der Waals surface area contributed by atoms with Gasteiger partial charge in [0.25, 0.3) is 5.91 Å². The molecule has 0 aromatic heterocycles. The number of carbonyl (C=O) groups excluding carboxylic acids is 1. The Morgan fingerprint density at radius 2 is 2.10 bits per heavy atom. The molecular weight excluding hydrogens is 341 g/mol. The summed E-state index contributed by atoms with van der Waals surface area (Å²) in [7, 11) is 1.64. The standard InChI is InChI=1S/C15H19BrFNO3/c1-15(2)14(19)18(6-4-5-7-20-3)12-9-10(16)8-11(17)13(12)21-15/h8-9H,4-7H2,1-3H3. The number of anilines is 1. The number of benzene rings is 1. The number of methoxy groups -OCH3 is 1. The summed E-state index contributed by atoms with van der Waals surface area (Å²) in [6, 6.07) is 3.05. The summed E-state index contributed by atoms with van der Waals surface area (Å²) in [5.41, 5.74) is -0.591. The summed E-state index contributed by atoms with van der Waals surface area (Å²) < 4.78 is 25.3. The largest absolute Gasteiger partial charge is 0.473 e. The van der Waals surface area contributed by atoms with Crippen molar-refractivity contribution < 1.29 is 18.7 Å². The highest BCUT2D eigenvalue weighted by Crippen LogP contribution is 2.41. The highest BCUT2D eigenvalue weighted by atomic mass is 79.9. The van der Waals surface area contributed by atoms with E-state index in [0.717, 1.165) is 12.8 Å². The van der Waals surface area contributed by atoms with Crippen LogP contribution in [-0.2, 0) is 9.53 Å². The van der Waals surface area contributed by atoms with Gasteiger partial charge >= 0.3 is 0 Å². The minimum Gasteiger partial charge on any atom is -0.473 e. The molecule has 1 aromatic rings. The third-order valence-electron chi connectivity index (χ3n) is 3.38. The Balaban J connectivity index is 2.32. The smallest absolute Gasteiger partial charge is 0.270 e. The van der Waals surface area contributed by atoms with Crippen LogP contribution in [0.25, 0.3) is 0 Å². The number of carbonyl (C=O) groups is 1. The number of ether oxygens (including phenoxy) is 2. The molecule has 1 amide bonds. The van der Waals surface area contributed by atoms with E-state index >= 15 is 0 Å². The predicted molar refractivity (Wildman–Crippen MR) is 82.3 cm³/mol. The molecule has 0 aliphatic carbocycles. The molecule has 21 heavy (non-hydrogen) atoms. The van der Waals surface area contributed by atoms with Gasteiger partial charge in [0.05, 0.1) is 5.69 Å². The minimum absolute atomic E-state index is 0.134. The van der Waals surface area contributed by atoms with E-state index in [9.17, 15) is 9.18 Å². The molecule has 1 heterocycles. The fourth-order valence-electron chi connectivity index (χ4n) is 2.32. The molecule has 0 fully saturated rings. The lowest BCUT2D eigenvalue weighted by molar-refractivity contribution is -0.132. The first-order valence-corrected chi connectivity index (χ1v) is 7.65. The average molecular weight is 360 g/mol. The van der Waals surface area contributed by atoms with Crippen LogP contribution in [0.15, 0.2) is 16.6 Å². The molecule has 0 spiro atoms. The second-order valence-electron chi connectivity index (χ2n) is 5.50. The Morgan fingerprint density at radius 1 is 1.38 bits per heavy atom. The lowest BCUT2D eigenvalue weighted by Crippen LogP contribution is -2.53. The van der Waals surface area contributed by atoms with Crippen molar-refractivity contribution >= 4 is 27.5 Å². The Kier molecular flexibility index (Phi) is 4.88. The molecule has 0 bridgehead atoms. The van der Waals surface area contributed by atoms with Crippen LogP contribution in [0.2, 0.25) is 0 Å². The van der Waals surface area contributed by atoms with E-state index in [1.165, 1.54) is 6.07 Å². The molecule has 4 nitrogen and oxygen atoms in total. The van der Waals surface area contributed by atoms with Crippen molar-refractivity contribution in [2.75, 3.05) is 25.2 Å². The molecule has 0 unspecified atom stereocenters. The number of nitrogens with zero attached hydrogens (tertiary/aromatic N) is 1. The summed E-state index contributed by atoms with van der Waals surface area (Å²) in [6.07, 6.45) is 1.62. The molecule has 116 valence electrons. The van der Waals surface area contributed by atoms with Crippen molar-refractivity contribution in [1.29, 1.82) is 0 Å². The summed E-state index contributed by atoms with van der Waals surface area (Å²) in [6.45, 7) is 4.46. The Hall–Kier alpha value is -1.14. The molecular formula is C15H19BrFNO3. The number of hydrogen-bond donors (Lipinski definition) is 0. The third-order valence-corrected chi connectivity index (χ3v) is 3.83. The van der Waals surface area contributed by atoms with E-state index in [2.05, 4.69) is 15.9 Å². The molecule has 0 atom stereocenters. The van der Waals surface area contributed by atoms with Crippen LogP contribution >= 0.6 is 15.9 Å². The predicted octanol–water partition coefficient (Wildman–Crippen LogP) is 3.52. The Labute approximate surface area is 132 Å². The van der Waals surface area contributed by atoms with Gasteiger partial charge in [-0.3, -0.25) is 4.79 Å². The van der Waals surface area contributed by atoms with Crippen LogP contribution in [0.3, 0.4) is 0 Å². The first-order valence-electron chi connectivity index (χ1n) is 6.86. The highest BCUT2D eigenvalue weighted by Gasteiger charge is 2.42. The van der Waals surface area contributed by atoms with E-state index in [0.29, 0.717) is 23.3 Å². The summed E-state index contributed by atoms with van der Waals surface area (Å²) in [4.78, 5) is 14.1. The highest BCUT2D eigenvalue weighted by molar-refractivity contribution is 9.10. The zero-order chi connectivity index (χ0) is 15.6. The fraction of sp³-hybridized carbons (Fsp3) is 0.533. The molecule has 6 heteroatoms. The van der Waals surface area contributed by atoms with Crippen molar-refractivity contribution in [3.05, 3.63) is 22.4 Å². The van der Waals surface area contributed by atoms with Crippen LogP contribution in [0.4, 0.5) is 10.1 Å². The minimum atomic E-state index is -1.07. The maximum Gasteiger partial charge on any atom is 0.270 e. The second-order valence-corrected chi connectivity index (χ2v) is 6.42.